The van der Waals surface area contributed by atoms with Crippen molar-refractivity contribution in [2.75, 3.05) is 7.11 Å². The van der Waals surface area contributed by atoms with Crippen molar-refractivity contribution in [2.45, 2.75) is 39.0 Å². The van der Waals surface area contributed by atoms with Crippen LogP contribution in [0.25, 0.3) is 22.3 Å². The van der Waals surface area contributed by atoms with Gasteiger partial charge in [-0.05, 0) is 37.6 Å². The fourth-order valence-electron chi connectivity index (χ4n) is 4.47. The van der Waals surface area contributed by atoms with Gasteiger partial charge in [-0.25, -0.2) is 14.8 Å². The van der Waals surface area contributed by atoms with E-state index in [1.165, 1.54) is 0 Å². The molecule has 0 saturated heterocycles. The highest BCUT2D eigenvalue weighted by molar-refractivity contribution is 5.98. The summed E-state index contributed by atoms with van der Waals surface area (Å²) in [7, 11) is 1.56. The molecule has 0 unspecified atom stereocenters. The second-order valence-corrected chi connectivity index (χ2v) is 8.04. The first-order chi connectivity index (χ1) is 15.3. The van der Waals surface area contributed by atoms with E-state index in [4.69, 9.17) is 20.2 Å². The molecule has 3 aromatic rings. The van der Waals surface area contributed by atoms with Crippen LogP contribution in [0.1, 0.15) is 37.0 Å². The third-order valence-corrected chi connectivity index (χ3v) is 6.13. The minimum Gasteiger partial charge on any atom is -0.494 e. The van der Waals surface area contributed by atoms with Gasteiger partial charge in [0, 0.05) is 16.5 Å². The molecular weight excluding hydrogens is 412 g/mol. The van der Waals surface area contributed by atoms with Gasteiger partial charge in [0.05, 0.1) is 42.0 Å². The number of nitrogens with zero attached hydrogens (tertiary/aromatic N) is 3. The van der Waals surface area contributed by atoms with Crippen LogP contribution in [0.4, 0.5) is 5.69 Å². The molecule has 164 valence electrons. The van der Waals surface area contributed by atoms with Gasteiger partial charge in [-0.2, -0.15) is 0 Å². The summed E-state index contributed by atoms with van der Waals surface area (Å²) in [6.07, 6.45) is 0.0966. The molecule has 32 heavy (non-hydrogen) atoms. The third kappa shape index (κ3) is 2.67. The monoisotopic (exact) mass is 434 g/mol. The maximum Gasteiger partial charge on any atom is 0.343 e. The van der Waals surface area contributed by atoms with Crippen LogP contribution in [-0.4, -0.2) is 33.6 Å². The summed E-state index contributed by atoms with van der Waals surface area (Å²) >= 11 is 0. The summed E-state index contributed by atoms with van der Waals surface area (Å²) in [5, 5.41) is 11.7. The summed E-state index contributed by atoms with van der Waals surface area (Å²) in [6.45, 7) is 3.51. The van der Waals surface area contributed by atoms with Gasteiger partial charge in [-0.1, -0.05) is 6.92 Å². The predicted molar refractivity (Wildman–Crippen MR) is 118 cm³/mol. The molecule has 5 rings (SSSR count). The van der Waals surface area contributed by atoms with Crippen molar-refractivity contribution in [1.82, 2.24) is 9.55 Å². The van der Waals surface area contributed by atoms with E-state index < -0.39 is 11.6 Å². The topological polar surface area (TPSA) is 129 Å². The Balaban J connectivity index is 1.77. The van der Waals surface area contributed by atoms with Gasteiger partial charge in [0.15, 0.2) is 5.60 Å². The number of esters is 1. The number of hydrogen-bond acceptors (Lipinski definition) is 7. The predicted octanol–water partition coefficient (Wildman–Crippen LogP) is 2.10. The van der Waals surface area contributed by atoms with Crippen LogP contribution in [-0.2, 0) is 28.3 Å². The summed E-state index contributed by atoms with van der Waals surface area (Å²) in [5.74, 6) is 0.205. The van der Waals surface area contributed by atoms with Crippen molar-refractivity contribution >= 4 is 28.4 Å². The van der Waals surface area contributed by atoms with Crippen LogP contribution in [0.5, 0.6) is 5.75 Å². The summed E-state index contributed by atoms with van der Waals surface area (Å²) in [4.78, 5) is 34.8. The van der Waals surface area contributed by atoms with Gasteiger partial charge < -0.3 is 24.9 Å². The molecule has 3 N–H and O–H groups in total. The molecule has 0 saturated carbocycles. The number of benzene rings is 1. The number of methoxy groups -OCH3 is 1. The van der Waals surface area contributed by atoms with E-state index in [0.717, 1.165) is 10.9 Å². The Hall–Kier alpha value is -3.72. The molecule has 0 bridgehead atoms. The molecule has 2 aliphatic rings. The second-order valence-electron chi connectivity index (χ2n) is 8.04. The highest BCUT2D eigenvalue weighted by Crippen LogP contribution is 2.41. The lowest BCUT2D eigenvalue weighted by Crippen LogP contribution is -2.44. The lowest BCUT2D eigenvalue weighted by Gasteiger charge is -2.31. The van der Waals surface area contributed by atoms with Crippen molar-refractivity contribution in [3.8, 4) is 17.1 Å². The van der Waals surface area contributed by atoms with Crippen LogP contribution >= 0.6 is 0 Å². The Kier molecular flexibility index (Phi) is 4.35. The average Bonchev–Trinajstić information content (AvgIpc) is 3.13. The van der Waals surface area contributed by atoms with Gasteiger partial charge in [-0.3, -0.25) is 4.79 Å². The van der Waals surface area contributed by atoms with Crippen LogP contribution < -0.4 is 16.0 Å². The van der Waals surface area contributed by atoms with Crippen LogP contribution in [0.15, 0.2) is 34.1 Å². The zero-order chi connectivity index (χ0) is 22.8. The molecule has 4 heterocycles. The maximum absolute atomic E-state index is 13.3. The number of aromatic nitrogens is 2. The normalized spacial score (nSPS) is 19.4. The fraction of sp³-hybridized carbons (Fsp3) is 0.304. The van der Waals surface area contributed by atoms with E-state index in [-0.39, 0.29) is 18.6 Å². The smallest absolute Gasteiger partial charge is 0.343 e. The van der Waals surface area contributed by atoms with Crippen molar-refractivity contribution in [3.05, 3.63) is 51.3 Å². The van der Waals surface area contributed by atoms with Gasteiger partial charge in [-0.15, -0.1) is 0 Å². The number of pyridine rings is 2. The van der Waals surface area contributed by atoms with E-state index in [2.05, 4.69) is 4.99 Å². The lowest BCUT2D eigenvalue weighted by atomic mass is 9.86. The largest absolute Gasteiger partial charge is 0.494 e. The number of carbonyl (C=O) groups is 1. The van der Waals surface area contributed by atoms with E-state index in [1.807, 2.05) is 12.1 Å². The lowest BCUT2D eigenvalue weighted by molar-refractivity contribution is -0.172. The second kappa shape index (κ2) is 6.89. The summed E-state index contributed by atoms with van der Waals surface area (Å²) in [5.41, 5.74) is 7.50. The Labute approximate surface area is 183 Å². The Morgan fingerprint density at radius 3 is 2.84 bits per heavy atom. The number of cyclic esters (lactones) is 1. The molecular formula is C23H22N4O5. The number of hydrogen-bond donors (Lipinski definition) is 2. The van der Waals surface area contributed by atoms with Crippen LogP contribution in [0.3, 0.4) is 0 Å². The quantitative estimate of drug-likeness (QED) is 0.287. The number of rotatable bonds is 3. The molecule has 2 aliphatic heterocycles. The SMILES string of the molecule is CC[C@@]1(O)C(=O)OCc2c1cc1n(c2=O)Cc2cc3c(N=C(C)N)c(OC)ccc3nc2-1. The first-order valence-electron chi connectivity index (χ1n) is 10.3. The Bertz CT molecular complexity index is 1400. The molecule has 1 aromatic carbocycles. The van der Waals surface area contributed by atoms with Gasteiger partial charge in [0.1, 0.15) is 18.0 Å². The number of aliphatic hydroxyl groups is 1. The van der Waals surface area contributed by atoms with Crippen molar-refractivity contribution in [1.29, 1.82) is 0 Å². The minimum atomic E-state index is -1.85. The zero-order valence-corrected chi connectivity index (χ0v) is 17.9. The van der Waals surface area contributed by atoms with Crippen LogP contribution in [0, 0.1) is 0 Å². The fourth-order valence-corrected chi connectivity index (χ4v) is 4.47. The van der Waals surface area contributed by atoms with Crippen molar-refractivity contribution in [2.24, 2.45) is 10.7 Å². The molecule has 1 atom stereocenters. The molecule has 0 spiro atoms. The number of ether oxygens (including phenoxy) is 2. The molecule has 0 radical (unpaired) electrons. The molecule has 9 nitrogen and oxygen atoms in total. The number of carbonyl (C=O) groups excluding carboxylic acids is 1. The van der Waals surface area contributed by atoms with Crippen LogP contribution in [0.2, 0.25) is 0 Å². The maximum atomic E-state index is 13.3. The first-order valence-corrected chi connectivity index (χ1v) is 10.3. The van der Waals surface area contributed by atoms with Gasteiger partial charge >= 0.3 is 5.97 Å². The zero-order valence-electron chi connectivity index (χ0n) is 17.9. The molecule has 0 aliphatic carbocycles. The molecule has 9 heteroatoms. The standard InChI is InChI=1S/C23H22N4O5/c1-4-23(30)15-8-17-19-12(9-27(17)21(28)14(15)10-32-22(23)29)7-13-16(26-19)5-6-18(31-3)20(13)25-11(2)24/h5-8,30H,4,9-10H2,1-3H3,(H2,24,25)/t23-/m0/s1. The summed E-state index contributed by atoms with van der Waals surface area (Å²) < 4.78 is 12.2. The first kappa shape index (κ1) is 20.2. The van der Waals surface area contributed by atoms with E-state index in [0.29, 0.717) is 51.8 Å². The number of nitrogens with two attached hydrogens (primary N) is 1. The minimum absolute atomic E-state index is 0.0966. The highest BCUT2D eigenvalue weighted by Gasteiger charge is 2.45. The average molecular weight is 434 g/mol. The molecule has 0 amide bonds. The van der Waals surface area contributed by atoms with Gasteiger partial charge in [0.2, 0.25) is 0 Å². The molecule has 0 fully saturated rings. The third-order valence-electron chi connectivity index (χ3n) is 6.13. The Morgan fingerprint density at radius 2 is 2.16 bits per heavy atom. The number of amidine groups is 1. The van der Waals surface area contributed by atoms with Crippen molar-refractivity contribution in [3.63, 3.8) is 0 Å². The summed E-state index contributed by atoms with van der Waals surface area (Å²) in [6, 6.07) is 7.21. The van der Waals surface area contributed by atoms with E-state index in [9.17, 15) is 14.7 Å². The van der Waals surface area contributed by atoms with E-state index in [1.54, 1.807) is 37.7 Å². The Morgan fingerprint density at radius 1 is 1.38 bits per heavy atom. The van der Waals surface area contributed by atoms with E-state index >= 15 is 0 Å². The molecule has 2 aromatic heterocycles. The van der Waals surface area contributed by atoms with Gasteiger partial charge in [0.25, 0.3) is 5.56 Å². The number of aliphatic imine (C=N–C) groups is 1. The van der Waals surface area contributed by atoms with Crippen molar-refractivity contribution < 1.29 is 19.4 Å². The number of fused-ring (bicyclic) bond motifs is 5. The highest BCUT2D eigenvalue weighted by atomic mass is 16.6.